The van der Waals surface area contributed by atoms with Gasteiger partial charge in [0.05, 0.1) is 6.04 Å². The standard InChI is InChI=1S/C12H23N3O/c1-3-10-9-6-14-5-8(9)7-15(10)11(4-2)12(13)16/h8-11,14H,3-7H2,1-2H3,(H2,13,16). The number of primary amides is 1. The van der Waals surface area contributed by atoms with Crippen molar-refractivity contribution >= 4 is 5.91 Å². The van der Waals surface area contributed by atoms with E-state index in [0.29, 0.717) is 6.04 Å². The number of carbonyl (C=O) groups is 1. The number of carbonyl (C=O) groups excluding carboxylic acids is 1. The molecule has 92 valence electrons. The van der Waals surface area contributed by atoms with Gasteiger partial charge in [-0.2, -0.15) is 0 Å². The predicted molar refractivity (Wildman–Crippen MR) is 63.9 cm³/mol. The number of nitrogens with two attached hydrogens (primary N) is 1. The van der Waals surface area contributed by atoms with E-state index in [4.69, 9.17) is 5.73 Å². The predicted octanol–water partition coefficient (Wildman–Crippen LogP) is 0.180. The highest BCUT2D eigenvalue weighted by Gasteiger charge is 2.46. The zero-order valence-corrected chi connectivity index (χ0v) is 10.3. The quantitative estimate of drug-likeness (QED) is 0.717. The average Bonchev–Trinajstić information content (AvgIpc) is 2.77. The molecule has 4 heteroatoms. The first-order valence-electron chi connectivity index (χ1n) is 6.44. The minimum absolute atomic E-state index is 0.0597. The van der Waals surface area contributed by atoms with Crippen LogP contribution in [-0.2, 0) is 4.79 Å². The van der Waals surface area contributed by atoms with Crippen LogP contribution in [0.25, 0.3) is 0 Å². The second-order valence-corrected chi connectivity index (χ2v) is 5.08. The van der Waals surface area contributed by atoms with Crippen LogP contribution in [0.3, 0.4) is 0 Å². The molecule has 0 aliphatic carbocycles. The van der Waals surface area contributed by atoms with Gasteiger partial charge in [-0.05, 0) is 37.8 Å². The van der Waals surface area contributed by atoms with Crippen LogP contribution in [0.5, 0.6) is 0 Å². The van der Waals surface area contributed by atoms with Gasteiger partial charge in [0.2, 0.25) is 5.91 Å². The Morgan fingerprint density at radius 3 is 2.81 bits per heavy atom. The van der Waals surface area contributed by atoms with Crippen molar-refractivity contribution in [1.29, 1.82) is 0 Å². The molecule has 0 saturated carbocycles. The number of rotatable bonds is 4. The molecule has 3 N–H and O–H groups in total. The zero-order valence-electron chi connectivity index (χ0n) is 10.3. The Bertz CT molecular complexity index is 269. The smallest absolute Gasteiger partial charge is 0.234 e. The van der Waals surface area contributed by atoms with E-state index < -0.39 is 0 Å². The highest BCUT2D eigenvalue weighted by Crippen LogP contribution is 2.35. The van der Waals surface area contributed by atoms with E-state index in [9.17, 15) is 4.79 Å². The molecule has 0 aromatic rings. The summed E-state index contributed by atoms with van der Waals surface area (Å²) in [5.74, 6) is 1.28. The fourth-order valence-electron chi connectivity index (χ4n) is 3.55. The molecule has 2 fully saturated rings. The number of amides is 1. The number of hydrogen-bond acceptors (Lipinski definition) is 3. The molecule has 0 aromatic carbocycles. The molecule has 0 radical (unpaired) electrons. The molecule has 2 heterocycles. The third-order valence-electron chi connectivity index (χ3n) is 4.29. The highest BCUT2D eigenvalue weighted by molar-refractivity contribution is 5.79. The first-order chi connectivity index (χ1) is 7.69. The summed E-state index contributed by atoms with van der Waals surface area (Å²) in [5, 5.41) is 3.45. The molecule has 2 rings (SSSR count). The molecule has 2 saturated heterocycles. The minimum atomic E-state index is -0.158. The summed E-state index contributed by atoms with van der Waals surface area (Å²) in [6.45, 7) is 7.51. The normalized spacial score (nSPS) is 36.2. The molecule has 4 nitrogen and oxygen atoms in total. The number of likely N-dealkylation sites (tertiary alicyclic amines) is 1. The number of fused-ring (bicyclic) bond motifs is 1. The van der Waals surface area contributed by atoms with Gasteiger partial charge in [0.25, 0.3) is 0 Å². The topological polar surface area (TPSA) is 58.4 Å². The molecule has 0 aromatic heterocycles. The molecule has 0 spiro atoms. The van der Waals surface area contributed by atoms with Crippen molar-refractivity contribution < 1.29 is 4.79 Å². The van der Waals surface area contributed by atoms with Crippen molar-refractivity contribution in [2.45, 2.75) is 38.8 Å². The Kier molecular flexibility index (Phi) is 3.50. The maximum Gasteiger partial charge on any atom is 0.234 e. The molecule has 0 bridgehead atoms. The van der Waals surface area contributed by atoms with Crippen molar-refractivity contribution in [3.05, 3.63) is 0 Å². The van der Waals surface area contributed by atoms with Crippen molar-refractivity contribution in [1.82, 2.24) is 10.2 Å². The van der Waals surface area contributed by atoms with Crippen LogP contribution in [0.2, 0.25) is 0 Å². The molecule has 16 heavy (non-hydrogen) atoms. The Hall–Kier alpha value is -0.610. The first kappa shape index (κ1) is 11.9. The van der Waals surface area contributed by atoms with Gasteiger partial charge in [0.15, 0.2) is 0 Å². The van der Waals surface area contributed by atoms with Gasteiger partial charge in [-0.3, -0.25) is 9.69 Å². The van der Waals surface area contributed by atoms with Gasteiger partial charge in [-0.1, -0.05) is 13.8 Å². The first-order valence-corrected chi connectivity index (χ1v) is 6.44. The summed E-state index contributed by atoms with van der Waals surface area (Å²) >= 11 is 0. The van der Waals surface area contributed by atoms with Crippen molar-refractivity contribution in [2.24, 2.45) is 17.6 Å². The van der Waals surface area contributed by atoms with E-state index in [1.165, 1.54) is 0 Å². The van der Waals surface area contributed by atoms with E-state index in [1.54, 1.807) is 0 Å². The van der Waals surface area contributed by atoms with E-state index >= 15 is 0 Å². The maximum atomic E-state index is 11.5. The third kappa shape index (κ3) is 1.84. The third-order valence-corrected chi connectivity index (χ3v) is 4.29. The molecule has 2 aliphatic rings. The highest BCUT2D eigenvalue weighted by atomic mass is 16.1. The summed E-state index contributed by atoms with van der Waals surface area (Å²) in [4.78, 5) is 13.8. The lowest BCUT2D eigenvalue weighted by Gasteiger charge is -2.32. The Morgan fingerprint density at radius 1 is 1.50 bits per heavy atom. The lowest BCUT2D eigenvalue weighted by molar-refractivity contribution is -0.123. The summed E-state index contributed by atoms with van der Waals surface area (Å²) in [6, 6.07) is 0.480. The number of hydrogen-bond donors (Lipinski definition) is 2. The van der Waals surface area contributed by atoms with Crippen LogP contribution in [-0.4, -0.2) is 42.5 Å². The van der Waals surface area contributed by atoms with Gasteiger partial charge in [0.1, 0.15) is 0 Å². The van der Waals surface area contributed by atoms with Crippen molar-refractivity contribution in [3.63, 3.8) is 0 Å². The Morgan fingerprint density at radius 2 is 2.25 bits per heavy atom. The lowest BCUT2D eigenvalue weighted by atomic mass is 9.92. The van der Waals surface area contributed by atoms with Gasteiger partial charge < -0.3 is 11.1 Å². The van der Waals surface area contributed by atoms with Crippen LogP contribution in [0, 0.1) is 11.8 Å². The second kappa shape index (κ2) is 4.72. The molecule has 4 unspecified atom stereocenters. The van der Waals surface area contributed by atoms with Gasteiger partial charge >= 0.3 is 0 Å². The molecule has 1 amide bonds. The Labute approximate surface area is 97.6 Å². The SMILES string of the molecule is CCC(C(N)=O)N1CC2CNCC2C1CC. The molecule has 2 aliphatic heterocycles. The van der Waals surface area contributed by atoms with Crippen molar-refractivity contribution in [2.75, 3.05) is 19.6 Å². The Balaban J connectivity index is 2.12. The van der Waals surface area contributed by atoms with Crippen LogP contribution >= 0.6 is 0 Å². The van der Waals surface area contributed by atoms with E-state index in [1.807, 2.05) is 0 Å². The molecular formula is C12H23N3O. The van der Waals surface area contributed by atoms with E-state index in [-0.39, 0.29) is 11.9 Å². The van der Waals surface area contributed by atoms with Gasteiger partial charge in [-0.25, -0.2) is 0 Å². The van der Waals surface area contributed by atoms with E-state index in [2.05, 4.69) is 24.1 Å². The zero-order chi connectivity index (χ0) is 11.7. The van der Waals surface area contributed by atoms with Crippen LogP contribution < -0.4 is 11.1 Å². The lowest BCUT2D eigenvalue weighted by Crippen LogP contribution is -2.48. The van der Waals surface area contributed by atoms with E-state index in [0.717, 1.165) is 44.3 Å². The summed E-state index contributed by atoms with van der Waals surface area (Å²) in [6.07, 6.45) is 1.95. The second-order valence-electron chi connectivity index (χ2n) is 5.08. The minimum Gasteiger partial charge on any atom is -0.368 e. The van der Waals surface area contributed by atoms with Crippen molar-refractivity contribution in [3.8, 4) is 0 Å². The average molecular weight is 225 g/mol. The monoisotopic (exact) mass is 225 g/mol. The van der Waals surface area contributed by atoms with Crippen LogP contribution in [0.4, 0.5) is 0 Å². The largest absolute Gasteiger partial charge is 0.368 e. The molecular weight excluding hydrogens is 202 g/mol. The van der Waals surface area contributed by atoms with Crippen LogP contribution in [0.1, 0.15) is 26.7 Å². The maximum absolute atomic E-state index is 11.5. The summed E-state index contributed by atoms with van der Waals surface area (Å²) < 4.78 is 0. The fraction of sp³-hybridized carbons (Fsp3) is 0.917. The van der Waals surface area contributed by atoms with Gasteiger partial charge in [0, 0.05) is 12.6 Å². The summed E-state index contributed by atoms with van der Waals surface area (Å²) in [7, 11) is 0. The fourth-order valence-corrected chi connectivity index (χ4v) is 3.55. The van der Waals surface area contributed by atoms with Gasteiger partial charge in [-0.15, -0.1) is 0 Å². The summed E-state index contributed by atoms with van der Waals surface area (Å²) in [5.41, 5.74) is 5.50. The molecule has 4 atom stereocenters. The van der Waals surface area contributed by atoms with Crippen LogP contribution in [0.15, 0.2) is 0 Å². The number of nitrogens with one attached hydrogen (secondary N) is 1. The number of nitrogens with zero attached hydrogens (tertiary/aromatic N) is 1.